The van der Waals surface area contributed by atoms with Crippen molar-refractivity contribution in [2.24, 2.45) is 0 Å². The maximum Gasteiger partial charge on any atom is 0.421 e. The van der Waals surface area contributed by atoms with Crippen molar-refractivity contribution in [1.82, 2.24) is 4.98 Å². The van der Waals surface area contributed by atoms with Crippen molar-refractivity contribution in [2.45, 2.75) is 24.7 Å². The molecule has 1 heterocycles. The van der Waals surface area contributed by atoms with Crippen molar-refractivity contribution >= 4 is 16.6 Å². The number of halogens is 3. The van der Waals surface area contributed by atoms with E-state index in [1.165, 1.54) is 12.1 Å². The number of nitrogens with zero attached hydrogens (tertiary/aromatic N) is 1. The molecule has 0 aliphatic rings. The van der Waals surface area contributed by atoms with Crippen molar-refractivity contribution in [3.8, 4) is 0 Å². The molecule has 0 amide bonds. The molecule has 2 aromatic carbocycles. The normalized spacial score (nSPS) is 15.2. The lowest BCUT2D eigenvalue weighted by molar-refractivity contribution is -0.279. The van der Waals surface area contributed by atoms with Gasteiger partial charge in [-0.15, -0.1) is 0 Å². The lowest BCUT2D eigenvalue weighted by atomic mass is 9.87. The Morgan fingerprint density at radius 3 is 2.39 bits per heavy atom. The number of fused-ring (bicyclic) bond motifs is 1. The molecule has 148 valence electrons. The fourth-order valence-electron chi connectivity index (χ4n) is 3.21. The van der Waals surface area contributed by atoms with Crippen LogP contribution in [0.15, 0.2) is 60.7 Å². The number of alkyl halides is 3. The Labute approximate surface area is 161 Å². The predicted molar refractivity (Wildman–Crippen MR) is 102 cm³/mol. The molecule has 1 aromatic heterocycles. The molecule has 2 unspecified atom stereocenters. The van der Waals surface area contributed by atoms with E-state index in [-0.39, 0.29) is 5.56 Å². The van der Waals surface area contributed by atoms with Crippen LogP contribution in [0.4, 0.5) is 18.9 Å². The van der Waals surface area contributed by atoms with Crippen LogP contribution >= 0.6 is 0 Å². The summed E-state index contributed by atoms with van der Waals surface area (Å²) in [6.45, 7) is 0.929. The average molecular weight is 390 g/mol. The number of benzene rings is 2. The van der Waals surface area contributed by atoms with Crippen molar-refractivity contribution in [3.05, 3.63) is 71.9 Å². The van der Waals surface area contributed by atoms with Gasteiger partial charge in [0.25, 0.3) is 0 Å². The van der Waals surface area contributed by atoms with E-state index in [2.05, 4.69) is 10.3 Å². The van der Waals surface area contributed by atoms with Crippen LogP contribution in [0.25, 0.3) is 10.9 Å². The number of ether oxygens (including phenoxy) is 1. The monoisotopic (exact) mass is 390 g/mol. The van der Waals surface area contributed by atoms with E-state index in [0.29, 0.717) is 16.6 Å². The van der Waals surface area contributed by atoms with Gasteiger partial charge in [0.1, 0.15) is 0 Å². The Balaban J connectivity index is 2.14. The molecule has 3 rings (SSSR count). The van der Waals surface area contributed by atoms with Crippen LogP contribution in [0.2, 0.25) is 0 Å². The third-order valence-corrected chi connectivity index (χ3v) is 4.64. The lowest BCUT2D eigenvalue weighted by Crippen LogP contribution is -2.55. The standard InChI is InChI=1S/C21H21F3N2O2/c1-14-11-12-16-17(25-14)9-6-10-18(16)26-19(15-7-4-3-5-8-15)20(27,13-28-2)21(22,23)24/h3-12,19,26-27H,13H2,1-2H3. The van der Waals surface area contributed by atoms with Gasteiger partial charge < -0.3 is 15.2 Å². The second-order valence-corrected chi connectivity index (χ2v) is 6.67. The van der Waals surface area contributed by atoms with Crippen LogP contribution in [0.1, 0.15) is 17.3 Å². The predicted octanol–water partition coefficient (Wildman–Crippen LogP) is 4.64. The van der Waals surface area contributed by atoms with Crippen LogP contribution in [-0.2, 0) is 4.74 Å². The number of aliphatic hydroxyl groups is 1. The zero-order valence-corrected chi connectivity index (χ0v) is 15.5. The summed E-state index contributed by atoms with van der Waals surface area (Å²) in [5.74, 6) is 0. The summed E-state index contributed by atoms with van der Waals surface area (Å²) < 4.78 is 46.5. The minimum absolute atomic E-state index is 0.288. The van der Waals surface area contributed by atoms with Gasteiger partial charge in [-0.1, -0.05) is 36.4 Å². The smallest absolute Gasteiger partial charge is 0.381 e. The molecule has 2 atom stereocenters. The van der Waals surface area contributed by atoms with Gasteiger partial charge in [-0.05, 0) is 36.8 Å². The summed E-state index contributed by atoms with van der Waals surface area (Å²) >= 11 is 0. The summed E-state index contributed by atoms with van der Waals surface area (Å²) in [5.41, 5.74) is -0.952. The van der Waals surface area contributed by atoms with Gasteiger partial charge in [-0.2, -0.15) is 13.2 Å². The molecule has 0 radical (unpaired) electrons. The molecular weight excluding hydrogens is 369 g/mol. The van der Waals surface area contributed by atoms with E-state index in [0.717, 1.165) is 12.8 Å². The summed E-state index contributed by atoms with van der Waals surface area (Å²) in [5, 5.41) is 14.3. The number of rotatable bonds is 6. The molecule has 0 fully saturated rings. The van der Waals surface area contributed by atoms with Crippen molar-refractivity contribution in [3.63, 3.8) is 0 Å². The topological polar surface area (TPSA) is 54.4 Å². The van der Waals surface area contributed by atoms with E-state index in [4.69, 9.17) is 4.74 Å². The molecule has 4 nitrogen and oxygen atoms in total. The third-order valence-electron chi connectivity index (χ3n) is 4.64. The first kappa shape index (κ1) is 20.1. The molecule has 28 heavy (non-hydrogen) atoms. The van der Waals surface area contributed by atoms with E-state index in [9.17, 15) is 18.3 Å². The summed E-state index contributed by atoms with van der Waals surface area (Å²) in [6.07, 6.45) is -4.92. The minimum atomic E-state index is -4.92. The first-order valence-electron chi connectivity index (χ1n) is 8.72. The highest BCUT2D eigenvalue weighted by molar-refractivity contribution is 5.91. The Morgan fingerprint density at radius 1 is 1.04 bits per heavy atom. The largest absolute Gasteiger partial charge is 0.421 e. The van der Waals surface area contributed by atoms with E-state index in [1.807, 2.05) is 6.92 Å². The highest BCUT2D eigenvalue weighted by Gasteiger charge is 2.59. The molecular formula is C21H21F3N2O2. The van der Waals surface area contributed by atoms with Gasteiger partial charge in [0.2, 0.25) is 5.60 Å². The number of nitrogens with one attached hydrogen (secondary N) is 1. The fraction of sp³-hybridized carbons (Fsp3) is 0.286. The number of aromatic nitrogens is 1. The van der Waals surface area contributed by atoms with Crippen molar-refractivity contribution < 1.29 is 23.0 Å². The third kappa shape index (κ3) is 3.81. The molecule has 0 spiro atoms. The molecule has 3 aromatic rings. The van der Waals surface area contributed by atoms with Crippen LogP contribution in [0.3, 0.4) is 0 Å². The maximum absolute atomic E-state index is 13.9. The van der Waals surface area contributed by atoms with Gasteiger partial charge in [-0.3, -0.25) is 4.98 Å². The second-order valence-electron chi connectivity index (χ2n) is 6.67. The SMILES string of the molecule is COCC(O)(C(Nc1cccc2nc(C)ccc12)c1ccccc1)C(F)(F)F. The van der Waals surface area contributed by atoms with Crippen LogP contribution in [0.5, 0.6) is 0 Å². The van der Waals surface area contributed by atoms with Gasteiger partial charge in [0.15, 0.2) is 0 Å². The average Bonchev–Trinajstić information content (AvgIpc) is 2.65. The van der Waals surface area contributed by atoms with Gasteiger partial charge in [0.05, 0.1) is 18.2 Å². The molecule has 0 saturated carbocycles. The van der Waals surface area contributed by atoms with Crippen molar-refractivity contribution in [1.29, 1.82) is 0 Å². The highest BCUT2D eigenvalue weighted by atomic mass is 19.4. The van der Waals surface area contributed by atoms with Crippen LogP contribution in [-0.4, -0.2) is 35.6 Å². The zero-order valence-electron chi connectivity index (χ0n) is 15.5. The summed E-state index contributed by atoms with van der Waals surface area (Å²) in [7, 11) is 1.13. The number of pyridine rings is 1. The Hall–Kier alpha value is -2.64. The minimum Gasteiger partial charge on any atom is -0.381 e. The number of methoxy groups -OCH3 is 1. The number of anilines is 1. The summed E-state index contributed by atoms with van der Waals surface area (Å²) in [4.78, 5) is 4.41. The lowest BCUT2D eigenvalue weighted by Gasteiger charge is -2.38. The molecule has 0 saturated heterocycles. The molecule has 0 bridgehead atoms. The first-order chi connectivity index (χ1) is 13.3. The Kier molecular flexibility index (Phi) is 5.58. The molecule has 7 heteroatoms. The number of aryl methyl sites for hydroxylation is 1. The molecule has 0 aliphatic carbocycles. The maximum atomic E-state index is 13.9. The Bertz CT molecular complexity index is 947. The Morgan fingerprint density at radius 2 is 1.75 bits per heavy atom. The number of hydrogen-bond donors (Lipinski definition) is 2. The fourth-order valence-corrected chi connectivity index (χ4v) is 3.21. The van der Waals surface area contributed by atoms with Gasteiger partial charge in [-0.25, -0.2) is 0 Å². The molecule has 2 N–H and O–H groups in total. The van der Waals surface area contributed by atoms with Gasteiger partial charge in [0, 0.05) is 23.9 Å². The van der Waals surface area contributed by atoms with Crippen molar-refractivity contribution in [2.75, 3.05) is 19.0 Å². The van der Waals surface area contributed by atoms with Gasteiger partial charge >= 0.3 is 6.18 Å². The summed E-state index contributed by atoms with van der Waals surface area (Å²) in [6, 6.07) is 15.3. The van der Waals surface area contributed by atoms with Crippen LogP contribution < -0.4 is 5.32 Å². The number of hydrogen-bond acceptors (Lipinski definition) is 4. The van der Waals surface area contributed by atoms with E-state index >= 15 is 0 Å². The zero-order chi connectivity index (χ0) is 20.4. The van der Waals surface area contributed by atoms with E-state index < -0.39 is 24.4 Å². The van der Waals surface area contributed by atoms with E-state index in [1.54, 1.807) is 48.5 Å². The second kappa shape index (κ2) is 7.77. The first-order valence-corrected chi connectivity index (χ1v) is 8.72. The van der Waals surface area contributed by atoms with Crippen LogP contribution in [0, 0.1) is 6.92 Å². The highest BCUT2D eigenvalue weighted by Crippen LogP contribution is 2.42. The molecule has 0 aliphatic heterocycles. The quantitative estimate of drug-likeness (QED) is 0.644.